The summed E-state index contributed by atoms with van der Waals surface area (Å²) in [7, 11) is 1.67. The van der Waals surface area contributed by atoms with Crippen molar-refractivity contribution in [2.24, 2.45) is 0 Å². The van der Waals surface area contributed by atoms with Crippen LogP contribution in [0.1, 0.15) is 26.7 Å². The predicted octanol–water partition coefficient (Wildman–Crippen LogP) is 2.36. The molecule has 0 aliphatic carbocycles. The van der Waals surface area contributed by atoms with Crippen LogP contribution in [0.2, 0.25) is 0 Å². The van der Waals surface area contributed by atoms with E-state index in [1.807, 2.05) is 6.07 Å². The van der Waals surface area contributed by atoms with E-state index in [9.17, 15) is 0 Å². The van der Waals surface area contributed by atoms with Gasteiger partial charge in [0, 0.05) is 44.0 Å². The van der Waals surface area contributed by atoms with Gasteiger partial charge in [-0.2, -0.15) is 0 Å². The van der Waals surface area contributed by atoms with Gasteiger partial charge in [-0.05, 0) is 38.8 Å². The Kier molecular flexibility index (Phi) is 4.97. The molecule has 0 radical (unpaired) electrons. The highest BCUT2D eigenvalue weighted by Crippen LogP contribution is 2.30. The molecule has 2 N–H and O–H groups in total. The maximum atomic E-state index is 5.91. The summed E-state index contributed by atoms with van der Waals surface area (Å²) in [5, 5.41) is 0. The molecule has 128 valence electrons. The zero-order chi connectivity index (χ0) is 16.4. The highest BCUT2D eigenvalue weighted by molar-refractivity contribution is 5.62. The molecule has 5 nitrogen and oxygen atoms in total. The molecule has 2 atom stereocenters. The van der Waals surface area contributed by atoms with Crippen LogP contribution in [0, 0.1) is 0 Å². The van der Waals surface area contributed by atoms with Gasteiger partial charge in [0.25, 0.3) is 0 Å². The number of morpholine rings is 1. The van der Waals surface area contributed by atoms with Crippen LogP contribution in [0.3, 0.4) is 0 Å². The lowest BCUT2D eigenvalue weighted by Crippen LogP contribution is -2.53. The van der Waals surface area contributed by atoms with Crippen molar-refractivity contribution in [2.45, 2.75) is 44.9 Å². The monoisotopic (exact) mass is 319 g/mol. The Bertz CT molecular complexity index is 519. The van der Waals surface area contributed by atoms with Crippen LogP contribution in [0.4, 0.5) is 11.4 Å². The third-order valence-corrected chi connectivity index (χ3v) is 5.01. The van der Waals surface area contributed by atoms with Crippen LogP contribution < -0.4 is 15.4 Å². The zero-order valence-corrected chi connectivity index (χ0v) is 14.5. The van der Waals surface area contributed by atoms with Gasteiger partial charge in [0.15, 0.2) is 0 Å². The third kappa shape index (κ3) is 3.72. The van der Waals surface area contributed by atoms with Crippen LogP contribution in [0.15, 0.2) is 18.2 Å². The van der Waals surface area contributed by atoms with Crippen LogP contribution in [0.25, 0.3) is 0 Å². The molecule has 2 aliphatic heterocycles. The summed E-state index contributed by atoms with van der Waals surface area (Å²) in [5.41, 5.74) is 7.82. The molecule has 2 aliphatic rings. The Balaban J connectivity index is 1.60. The van der Waals surface area contributed by atoms with E-state index >= 15 is 0 Å². The largest absolute Gasteiger partial charge is 0.495 e. The highest BCUT2D eigenvalue weighted by atomic mass is 16.5. The molecular formula is C18H29N3O2. The summed E-state index contributed by atoms with van der Waals surface area (Å²) in [5.74, 6) is 0.764. The molecule has 0 saturated carbocycles. The molecule has 3 rings (SSSR count). The average Bonchev–Trinajstić information content (AvgIpc) is 2.54. The van der Waals surface area contributed by atoms with E-state index in [1.165, 1.54) is 18.5 Å². The van der Waals surface area contributed by atoms with Crippen LogP contribution >= 0.6 is 0 Å². The van der Waals surface area contributed by atoms with Gasteiger partial charge in [-0.25, -0.2) is 0 Å². The highest BCUT2D eigenvalue weighted by Gasteiger charge is 2.30. The van der Waals surface area contributed by atoms with E-state index in [2.05, 4.69) is 35.8 Å². The molecule has 1 aromatic carbocycles. The lowest BCUT2D eigenvalue weighted by Gasteiger charge is -2.44. The number of piperidine rings is 1. The first-order valence-electron chi connectivity index (χ1n) is 8.64. The van der Waals surface area contributed by atoms with Crippen LogP contribution in [0.5, 0.6) is 5.75 Å². The molecule has 0 bridgehead atoms. The summed E-state index contributed by atoms with van der Waals surface area (Å²) in [6, 6.07) is 6.76. The summed E-state index contributed by atoms with van der Waals surface area (Å²) >= 11 is 0. The fourth-order valence-corrected chi connectivity index (χ4v) is 3.90. The number of anilines is 2. The van der Waals surface area contributed by atoms with Crippen molar-refractivity contribution < 1.29 is 9.47 Å². The third-order valence-electron chi connectivity index (χ3n) is 5.01. The molecule has 1 aromatic rings. The van der Waals surface area contributed by atoms with E-state index in [1.54, 1.807) is 7.11 Å². The van der Waals surface area contributed by atoms with Gasteiger partial charge in [-0.3, -0.25) is 4.90 Å². The average molecular weight is 319 g/mol. The second kappa shape index (κ2) is 6.97. The molecule has 2 fully saturated rings. The molecule has 2 saturated heterocycles. The van der Waals surface area contributed by atoms with Crippen LogP contribution in [-0.2, 0) is 4.74 Å². The van der Waals surface area contributed by atoms with Crippen molar-refractivity contribution in [3.05, 3.63) is 18.2 Å². The van der Waals surface area contributed by atoms with E-state index in [-0.39, 0.29) is 0 Å². The summed E-state index contributed by atoms with van der Waals surface area (Å²) in [6.45, 7) is 8.64. The SMILES string of the molecule is COc1cc(N2CCC(N3CC(C)O[C@H](C)C3)CC2)ccc1N. The minimum absolute atomic E-state index is 0.345. The number of nitrogens with zero attached hydrogens (tertiary/aromatic N) is 2. The minimum atomic E-state index is 0.345. The zero-order valence-electron chi connectivity index (χ0n) is 14.5. The molecule has 5 heteroatoms. The molecule has 23 heavy (non-hydrogen) atoms. The number of methoxy groups -OCH3 is 1. The molecule has 0 aromatic heterocycles. The first kappa shape index (κ1) is 16.4. The summed E-state index contributed by atoms with van der Waals surface area (Å²) in [6.07, 6.45) is 3.09. The van der Waals surface area contributed by atoms with Gasteiger partial charge < -0.3 is 20.1 Å². The smallest absolute Gasteiger partial charge is 0.143 e. The molecule has 1 unspecified atom stereocenters. The number of benzene rings is 1. The molecule has 2 heterocycles. The van der Waals surface area contributed by atoms with Gasteiger partial charge >= 0.3 is 0 Å². The maximum Gasteiger partial charge on any atom is 0.143 e. The molecule has 0 amide bonds. The Morgan fingerprint density at radius 2 is 1.78 bits per heavy atom. The van der Waals surface area contributed by atoms with Crippen molar-refractivity contribution in [2.75, 3.05) is 43.9 Å². The van der Waals surface area contributed by atoms with Gasteiger partial charge in [0.2, 0.25) is 0 Å². The summed E-state index contributed by atoms with van der Waals surface area (Å²) in [4.78, 5) is 5.06. The fourth-order valence-electron chi connectivity index (χ4n) is 3.90. The maximum absolute atomic E-state index is 5.91. The minimum Gasteiger partial charge on any atom is -0.495 e. The lowest BCUT2D eigenvalue weighted by molar-refractivity contribution is -0.0826. The topological polar surface area (TPSA) is 51.0 Å². The van der Waals surface area contributed by atoms with Gasteiger partial charge in [0.1, 0.15) is 5.75 Å². The second-order valence-corrected chi connectivity index (χ2v) is 6.86. The Hall–Kier alpha value is -1.46. The normalized spacial score (nSPS) is 27.2. The van der Waals surface area contributed by atoms with Gasteiger partial charge in [0.05, 0.1) is 25.0 Å². The van der Waals surface area contributed by atoms with E-state index in [0.717, 1.165) is 31.9 Å². The predicted molar refractivity (Wildman–Crippen MR) is 94.2 cm³/mol. The van der Waals surface area contributed by atoms with E-state index in [4.69, 9.17) is 15.2 Å². The standard InChI is InChI=1S/C18H29N3O2/c1-13-11-21(12-14(2)23-13)15-6-8-20(9-7-15)16-4-5-17(19)18(10-16)22-3/h4-5,10,13-15H,6-9,11-12,19H2,1-3H3/t13-,14?/m1/s1. The number of rotatable bonds is 3. The van der Waals surface area contributed by atoms with E-state index < -0.39 is 0 Å². The van der Waals surface area contributed by atoms with Crippen molar-refractivity contribution in [1.29, 1.82) is 0 Å². The molecular weight excluding hydrogens is 290 g/mol. The molecule has 0 spiro atoms. The quantitative estimate of drug-likeness (QED) is 0.867. The number of ether oxygens (including phenoxy) is 2. The van der Waals surface area contributed by atoms with Crippen LogP contribution in [-0.4, -0.2) is 56.4 Å². The first-order chi connectivity index (χ1) is 11.1. The number of nitrogen functional groups attached to an aromatic ring is 1. The van der Waals surface area contributed by atoms with Crippen molar-refractivity contribution in [3.8, 4) is 5.75 Å². The Morgan fingerprint density at radius 1 is 1.13 bits per heavy atom. The second-order valence-electron chi connectivity index (χ2n) is 6.86. The van der Waals surface area contributed by atoms with Gasteiger partial charge in [-0.1, -0.05) is 0 Å². The first-order valence-corrected chi connectivity index (χ1v) is 8.64. The number of hydrogen-bond acceptors (Lipinski definition) is 5. The van der Waals surface area contributed by atoms with Crippen molar-refractivity contribution >= 4 is 11.4 Å². The van der Waals surface area contributed by atoms with E-state index in [0.29, 0.717) is 23.9 Å². The Labute approximate surface area is 139 Å². The fraction of sp³-hybridized carbons (Fsp3) is 0.667. The number of nitrogens with two attached hydrogens (primary N) is 1. The summed E-state index contributed by atoms with van der Waals surface area (Å²) < 4.78 is 11.2. The van der Waals surface area contributed by atoms with Crippen molar-refractivity contribution in [1.82, 2.24) is 4.90 Å². The van der Waals surface area contributed by atoms with Gasteiger partial charge in [-0.15, -0.1) is 0 Å². The Morgan fingerprint density at radius 3 is 2.39 bits per heavy atom. The number of hydrogen-bond donors (Lipinski definition) is 1. The lowest BCUT2D eigenvalue weighted by atomic mass is 10.0. The van der Waals surface area contributed by atoms with Crippen molar-refractivity contribution in [3.63, 3.8) is 0 Å².